The summed E-state index contributed by atoms with van der Waals surface area (Å²) >= 11 is 0. The summed E-state index contributed by atoms with van der Waals surface area (Å²) in [6, 6.07) is 0. The average Bonchev–Trinajstić information content (AvgIpc) is 2.73. The molecule has 3 N–H and O–H groups in total. The Morgan fingerprint density at radius 2 is 1.76 bits per heavy atom. The fourth-order valence-corrected chi connectivity index (χ4v) is 2.17. The first kappa shape index (κ1) is 23.7. The summed E-state index contributed by atoms with van der Waals surface area (Å²) in [6.07, 6.45) is 0. The van der Waals surface area contributed by atoms with Crippen molar-refractivity contribution in [1.29, 1.82) is 0 Å². The maximum absolute atomic E-state index is 11.8. The lowest BCUT2D eigenvalue weighted by Crippen LogP contribution is -2.43. The molecule has 1 rings (SSSR count). The van der Waals surface area contributed by atoms with Gasteiger partial charge in [0.2, 0.25) is 5.91 Å². The Balaban J connectivity index is 0.00000576. The number of carbonyl (C=O) groups excluding carboxylic acids is 1. The van der Waals surface area contributed by atoms with Crippen LogP contribution in [0.1, 0.15) is 44.6 Å². The van der Waals surface area contributed by atoms with E-state index in [-0.39, 0.29) is 35.3 Å². The molecule has 0 fully saturated rings. The smallest absolute Gasteiger partial charge is 0.225 e. The van der Waals surface area contributed by atoms with Crippen LogP contribution in [0.5, 0.6) is 0 Å². The van der Waals surface area contributed by atoms with Gasteiger partial charge < -0.3 is 16.0 Å². The highest BCUT2D eigenvalue weighted by atomic mass is 127. The highest BCUT2D eigenvalue weighted by Crippen LogP contribution is 2.13. The molecule has 0 radical (unpaired) electrons. The van der Waals surface area contributed by atoms with Gasteiger partial charge in [0.1, 0.15) is 0 Å². The van der Waals surface area contributed by atoms with Crippen molar-refractivity contribution in [2.45, 2.75) is 48.1 Å². The fourth-order valence-electron chi connectivity index (χ4n) is 2.17. The second-order valence-electron chi connectivity index (χ2n) is 6.90. The Morgan fingerprint density at radius 1 is 1.16 bits per heavy atom. The molecule has 1 heterocycles. The van der Waals surface area contributed by atoms with Crippen molar-refractivity contribution >= 4 is 35.8 Å². The van der Waals surface area contributed by atoms with E-state index in [0.29, 0.717) is 19.6 Å². The van der Waals surface area contributed by atoms with Crippen LogP contribution in [0.25, 0.3) is 0 Å². The Hall–Kier alpha value is -1.32. The Morgan fingerprint density at radius 3 is 2.24 bits per heavy atom. The molecule has 144 valence electrons. The van der Waals surface area contributed by atoms with Crippen LogP contribution in [0.4, 0.5) is 0 Å². The summed E-state index contributed by atoms with van der Waals surface area (Å²) in [5.74, 6) is 0.790. The van der Waals surface area contributed by atoms with Gasteiger partial charge in [-0.3, -0.25) is 9.48 Å². The zero-order chi connectivity index (χ0) is 18.3. The fraction of sp³-hybridized carbons (Fsp3) is 0.706. The van der Waals surface area contributed by atoms with Crippen molar-refractivity contribution in [2.24, 2.45) is 17.5 Å². The molecular formula is C17H33IN6O. The summed E-state index contributed by atoms with van der Waals surface area (Å²) in [5, 5.41) is 13.8. The van der Waals surface area contributed by atoms with Crippen molar-refractivity contribution in [3.05, 3.63) is 17.0 Å². The van der Waals surface area contributed by atoms with Crippen LogP contribution in [0.3, 0.4) is 0 Å². The number of aromatic nitrogens is 2. The Labute approximate surface area is 168 Å². The van der Waals surface area contributed by atoms with Crippen LogP contribution in [0, 0.1) is 19.3 Å². The number of carbonyl (C=O) groups is 1. The maximum atomic E-state index is 11.8. The number of hydrogen-bond donors (Lipinski definition) is 3. The van der Waals surface area contributed by atoms with Gasteiger partial charge in [-0.05, 0) is 20.8 Å². The van der Waals surface area contributed by atoms with Gasteiger partial charge in [0.05, 0.1) is 12.2 Å². The first-order valence-corrected chi connectivity index (χ1v) is 8.46. The van der Waals surface area contributed by atoms with E-state index in [0.717, 1.165) is 29.5 Å². The molecule has 0 spiro atoms. The molecular weight excluding hydrogens is 431 g/mol. The SMILES string of the molecule is CCNC(=NCc1c(C)nn(C)c1C)NCCNC(=O)C(C)(C)C.I. The minimum Gasteiger partial charge on any atom is -0.357 e. The monoisotopic (exact) mass is 464 g/mol. The quantitative estimate of drug-likeness (QED) is 0.260. The highest BCUT2D eigenvalue weighted by Gasteiger charge is 2.20. The summed E-state index contributed by atoms with van der Waals surface area (Å²) in [4.78, 5) is 16.4. The summed E-state index contributed by atoms with van der Waals surface area (Å²) in [7, 11) is 1.94. The van der Waals surface area contributed by atoms with Crippen LogP contribution in [0.15, 0.2) is 4.99 Å². The van der Waals surface area contributed by atoms with Crippen molar-refractivity contribution < 1.29 is 4.79 Å². The molecule has 25 heavy (non-hydrogen) atoms. The van der Waals surface area contributed by atoms with Crippen LogP contribution in [0.2, 0.25) is 0 Å². The van der Waals surface area contributed by atoms with E-state index in [2.05, 4.69) is 26.0 Å². The number of amides is 1. The third kappa shape index (κ3) is 7.62. The molecule has 0 atom stereocenters. The van der Waals surface area contributed by atoms with Gasteiger partial charge in [0, 0.05) is 43.4 Å². The number of nitrogens with one attached hydrogen (secondary N) is 3. The molecule has 0 aliphatic rings. The number of aliphatic imine (C=N–C) groups is 1. The third-order valence-electron chi connectivity index (χ3n) is 3.78. The normalized spacial score (nSPS) is 11.7. The minimum atomic E-state index is -0.367. The molecule has 7 nitrogen and oxygen atoms in total. The van der Waals surface area contributed by atoms with E-state index in [1.807, 2.05) is 53.3 Å². The number of nitrogens with zero attached hydrogens (tertiary/aromatic N) is 3. The lowest BCUT2D eigenvalue weighted by Gasteiger charge is -2.18. The average molecular weight is 464 g/mol. The van der Waals surface area contributed by atoms with E-state index < -0.39 is 0 Å². The minimum absolute atomic E-state index is 0. The van der Waals surface area contributed by atoms with Crippen molar-refractivity contribution in [3.8, 4) is 0 Å². The topological polar surface area (TPSA) is 83.3 Å². The van der Waals surface area contributed by atoms with Gasteiger partial charge in [-0.1, -0.05) is 20.8 Å². The van der Waals surface area contributed by atoms with E-state index in [1.54, 1.807) is 0 Å². The predicted octanol–water partition coefficient (Wildman–Crippen LogP) is 1.87. The Bertz CT molecular complexity index is 589. The number of halogens is 1. The van der Waals surface area contributed by atoms with Crippen LogP contribution in [-0.4, -0.2) is 41.3 Å². The molecule has 8 heteroatoms. The third-order valence-corrected chi connectivity index (χ3v) is 3.78. The van der Waals surface area contributed by atoms with Crippen molar-refractivity contribution in [3.63, 3.8) is 0 Å². The first-order chi connectivity index (χ1) is 11.2. The molecule has 1 aromatic rings. The lowest BCUT2D eigenvalue weighted by molar-refractivity contribution is -0.128. The maximum Gasteiger partial charge on any atom is 0.225 e. The summed E-state index contributed by atoms with van der Waals surface area (Å²) < 4.78 is 1.88. The molecule has 1 aromatic heterocycles. The molecule has 0 aliphatic heterocycles. The van der Waals surface area contributed by atoms with E-state index in [4.69, 9.17) is 0 Å². The number of hydrogen-bond acceptors (Lipinski definition) is 3. The van der Waals surface area contributed by atoms with Gasteiger partial charge in [-0.25, -0.2) is 4.99 Å². The van der Waals surface area contributed by atoms with Crippen LogP contribution in [-0.2, 0) is 18.4 Å². The van der Waals surface area contributed by atoms with Crippen molar-refractivity contribution in [2.75, 3.05) is 19.6 Å². The van der Waals surface area contributed by atoms with E-state index >= 15 is 0 Å². The number of aryl methyl sites for hydroxylation is 2. The lowest BCUT2D eigenvalue weighted by atomic mass is 9.96. The molecule has 0 saturated heterocycles. The van der Waals surface area contributed by atoms with Gasteiger partial charge in [0.25, 0.3) is 0 Å². The van der Waals surface area contributed by atoms with Crippen LogP contribution >= 0.6 is 24.0 Å². The van der Waals surface area contributed by atoms with Gasteiger partial charge in [0.15, 0.2) is 5.96 Å². The standard InChI is InChI=1S/C17H32N6O.HI/c1-8-18-16(20-10-9-19-15(24)17(4,5)6)21-11-14-12(2)22-23(7)13(14)3;/h8-11H2,1-7H3,(H,19,24)(H2,18,20,21);1H. The van der Waals surface area contributed by atoms with E-state index in [9.17, 15) is 4.79 Å². The van der Waals surface area contributed by atoms with Gasteiger partial charge in [-0.2, -0.15) is 5.10 Å². The zero-order valence-corrected chi connectivity index (χ0v) is 18.8. The summed E-state index contributed by atoms with van der Waals surface area (Å²) in [6.45, 7) is 14.3. The van der Waals surface area contributed by atoms with E-state index in [1.165, 1.54) is 0 Å². The first-order valence-electron chi connectivity index (χ1n) is 8.46. The van der Waals surface area contributed by atoms with Gasteiger partial charge >= 0.3 is 0 Å². The molecule has 0 aromatic carbocycles. The van der Waals surface area contributed by atoms with Gasteiger partial charge in [-0.15, -0.1) is 24.0 Å². The molecule has 0 aliphatic carbocycles. The summed E-state index contributed by atoms with van der Waals surface area (Å²) in [5.41, 5.74) is 2.92. The molecule has 0 saturated carbocycles. The highest BCUT2D eigenvalue weighted by molar-refractivity contribution is 14.0. The Kier molecular flexibility index (Phi) is 10.1. The van der Waals surface area contributed by atoms with Crippen LogP contribution < -0.4 is 16.0 Å². The zero-order valence-electron chi connectivity index (χ0n) is 16.5. The number of guanidine groups is 1. The largest absolute Gasteiger partial charge is 0.357 e. The second kappa shape index (κ2) is 10.6. The molecule has 1 amide bonds. The molecule has 0 unspecified atom stereocenters. The molecule has 0 bridgehead atoms. The second-order valence-corrected chi connectivity index (χ2v) is 6.90. The predicted molar refractivity (Wildman–Crippen MR) is 113 cm³/mol. The van der Waals surface area contributed by atoms with Crippen molar-refractivity contribution in [1.82, 2.24) is 25.7 Å². The number of rotatable bonds is 6.